The van der Waals surface area contributed by atoms with Crippen molar-refractivity contribution < 1.29 is 24.2 Å². The van der Waals surface area contributed by atoms with Crippen molar-refractivity contribution in [2.45, 2.75) is 64.1 Å². The lowest BCUT2D eigenvalue weighted by Crippen LogP contribution is -2.36. The average molecular weight is 776 g/mol. The topological polar surface area (TPSA) is 164 Å². The van der Waals surface area contributed by atoms with E-state index in [0.29, 0.717) is 76.9 Å². The number of hydrogen-bond acceptors (Lipinski definition) is 9. The van der Waals surface area contributed by atoms with Gasteiger partial charge in [-0.1, -0.05) is 41.4 Å². The summed E-state index contributed by atoms with van der Waals surface area (Å²) in [6.45, 7) is 3.58. The minimum Gasteiger partial charge on any atom is -0.481 e. The lowest BCUT2D eigenvalue weighted by Gasteiger charge is -2.33. The summed E-state index contributed by atoms with van der Waals surface area (Å²) in [5.74, 6) is 0.0169. The summed E-state index contributed by atoms with van der Waals surface area (Å²) in [5.41, 5.74) is 5.39. The van der Waals surface area contributed by atoms with Gasteiger partial charge in [0.25, 0.3) is 5.91 Å². The van der Waals surface area contributed by atoms with Gasteiger partial charge >= 0.3 is 5.97 Å². The molecule has 13 nitrogen and oxygen atoms in total. The second kappa shape index (κ2) is 16.4. The Morgan fingerprint density at radius 3 is 2.57 bits per heavy atom. The minimum atomic E-state index is -0.687. The number of hydrogen-bond donors (Lipinski definition) is 4. The van der Waals surface area contributed by atoms with Crippen molar-refractivity contribution in [2.24, 2.45) is 18.9 Å². The molecule has 4 N–H and O–H groups in total. The van der Waals surface area contributed by atoms with Crippen LogP contribution >= 0.6 is 23.2 Å². The zero-order chi connectivity index (χ0) is 37.9. The van der Waals surface area contributed by atoms with Crippen LogP contribution in [0.2, 0.25) is 10.0 Å². The zero-order valence-electron chi connectivity index (χ0n) is 30.3. The van der Waals surface area contributed by atoms with Crippen LogP contribution in [-0.2, 0) is 36.1 Å². The number of methoxy groups -OCH3 is 1. The van der Waals surface area contributed by atoms with Crippen molar-refractivity contribution in [2.75, 3.05) is 32.1 Å². The van der Waals surface area contributed by atoms with E-state index in [1.807, 2.05) is 23.7 Å². The van der Waals surface area contributed by atoms with Crippen LogP contribution in [0.1, 0.15) is 66.1 Å². The van der Waals surface area contributed by atoms with Crippen LogP contribution in [0, 0.1) is 11.8 Å². The molecule has 0 spiro atoms. The predicted octanol–water partition coefficient (Wildman–Crippen LogP) is 5.73. The van der Waals surface area contributed by atoms with Gasteiger partial charge in [-0.3, -0.25) is 24.3 Å². The number of carbonyl (C=O) groups is 3. The van der Waals surface area contributed by atoms with Gasteiger partial charge in [0.1, 0.15) is 0 Å². The van der Waals surface area contributed by atoms with Gasteiger partial charge in [0.2, 0.25) is 11.8 Å². The minimum absolute atomic E-state index is 0.0824. The molecule has 7 rings (SSSR count). The second-order valence-corrected chi connectivity index (χ2v) is 15.1. The first-order valence-corrected chi connectivity index (χ1v) is 19.1. The van der Waals surface area contributed by atoms with Gasteiger partial charge in [0.15, 0.2) is 5.82 Å². The van der Waals surface area contributed by atoms with Crippen molar-refractivity contribution in [3.05, 3.63) is 75.4 Å². The molecule has 2 fully saturated rings. The van der Waals surface area contributed by atoms with E-state index in [9.17, 15) is 19.5 Å². The molecule has 5 heterocycles. The van der Waals surface area contributed by atoms with E-state index in [-0.39, 0.29) is 28.8 Å². The summed E-state index contributed by atoms with van der Waals surface area (Å²) in [7, 11) is 3.43. The molecule has 3 aliphatic rings. The summed E-state index contributed by atoms with van der Waals surface area (Å²) < 4.78 is 7.48. The van der Waals surface area contributed by atoms with Crippen molar-refractivity contribution in [3.63, 3.8) is 0 Å². The van der Waals surface area contributed by atoms with Gasteiger partial charge in [0, 0.05) is 87.2 Å². The number of benzene rings is 1. The zero-order valence-corrected chi connectivity index (χ0v) is 31.8. The van der Waals surface area contributed by atoms with E-state index in [1.54, 1.807) is 37.6 Å². The van der Waals surface area contributed by atoms with Crippen LogP contribution in [0.4, 0.5) is 5.69 Å². The predicted molar refractivity (Wildman–Crippen MR) is 206 cm³/mol. The molecule has 15 heteroatoms. The maximum atomic E-state index is 13.7. The monoisotopic (exact) mass is 774 g/mol. The summed E-state index contributed by atoms with van der Waals surface area (Å²) in [4.78, 5) is 53.0. The molecule has 0 radical (unpaired) electrons. The maximum Gasteiger partial charge on any atom is 0.306 e. The van der Waals surface area contributed by atoms with Gasteiger partial charge in [-0.2, -0.15) is 0 Å². The smallest absolute Gasteiger partial charge is 0.306 e. The highest BCUT2D eigenvalue weighted by Gasteiger charge is 2.30. The number of carboxylic acids is 1. The number of fused-ring (bicyclic) bond motifs is 1. The Morgan fingerprint density at radius 2 is 1.83 bits per heavy atom. The second-order valence-electron chi connectivity index (χ2n) is 14.4. The molecule has 0 bridgehead atoms. The summed E-state index contributed by atoms with van der Waals surface area (Å²) >= 11 is 14.0. The molecule has 1 aromatic carbocycles. The summed E-state index contributed by atoms with van der Waals surface area (Å²) in [6.07, 6.45) is 7.08. The molecule has 1 unspecified atom stereocenters. The Balaban J connectivity index is 1.03. The van der Waals surface area contributed by atoms with Crippen LogP contribution in [0.15, 0.2) is 42.6 Å². The van der Waals surface area contributed by atoms with Gasteiger partial charge in [-0.05, 0) is 56.2 Å². The van der Waals surface area contributed by atoms with Gasteiger partial charge < -0.3 is 30.4 Å². The summed E-state index contributed by atoms with van der Waals surface area (Å²) in [6, 6.07) is 11.0. The third-order valence-corrected chi connectivity index (χ3v) is 11.6. The number of carbonyl (C=O) groups excluding carboxylic acids is 2. The molecule has 3 aromatic heterocycles. The molecule has 2 amide bonds. The van der Waals surface area contributed by atoms with Gasteiger partial charge in [0.05, 0.1) is 45.8 Å². The Bertz CT molecular complexity index is 2060. The Morgan fingerprint density at radius 1 is 1.02 bits per heavy atom. The standard InChI is InChI=1S/C39H44Cl2N8O5/c1-48-31-15-17-49(20-22-6-8-23(9-7-22)39(52)53)21-30(31)45-36(48)37(51)46-29-5-3-4-27(33(29)40)35-34(41)26(14-16-43-35)28-12-10-24(38(47-28)54-2)18-42-19-25-11-13-32(50)44-25/h3-5,10,12,14,16,22-23,25,42H,6-9,11,13,15,17-21H2,1-2H3,(H,44,50)(H,46,51)(H,52,53). The number of carboxylic acid groups (broad SMARTS) is 1. The Kier molecular flexibility index (Phi) is 11.5. The number of amides is 2. The van der Waals surface area contributed by atoms with Gasteiger partial charge in [-0.25, -0.2) is 9.97 Å². The fourth-order valence-corrected chi connectivity index (χ4v) is 8.43. The normalized spacial score (nSPS) is 20.0. The first-order chi connectivity index (χ1) is 26.1. The highest BCUT2D eigenvalue weighted by molar-refractivity contribution is 6.39. The number of nitrogens with zero attached hydrogens (tertiary/aromatic N) is 5. The fraction of sp³-hybridized carbons (Fsp3) is 0.436. The third-order valence-electron chi connectivity index (χ3n) is 10.8. The van der Waals surface area contributed by atoms with E-state index < -0.39 is 5.97 Å². The molecule has 1 aliphatic carbocycles. The molecular formula is C39H44Cl2N8O5. The number of nitrogens with one attached hydrogen (secondary N) is 3. The molecule has 1 saturated carbocycles. The van der Waals surface area contributed by atoms with E-state index in [2.05, 4.69) is 25.8 Å². The lowest BCUT2D eigenvalue weighted by atomic mass is 9.81. The van der Waals surface area contributed by atoms with Crippen LogP contribution in [0.5, 0.6) is 5.88 Å². The van der Waals surface area contributed by atoms with Crippen LogP contribution < -0.4 is 20.7 Å². The quantitative estimate of drug-likeness (QED) is 0.140. The summed E-state index contributed by atoms with van der Waals surface area (Å²) in [5, 5.41) is 19.3. The van der Waals surface area contributed by atoms with Crippen molar-refractivity contribution >= 4 is 46.7 Å². The largest absolute Gasteiger partial charge is 0.481 e. The van der Waals surface area contributed by atoms with Crippen LogP contribution in [0.3, 0.4) is 0 Å². The molecule has 1 atom stereocenters. The van der Waals surface area contributed by atoms with E-state index >= 15 is 0 Å². The molecule has 54 heavy (non-hydrogen) atoms. The highest BCUT2D eigenvalue weighted by Crippen LogP contribution is 2.40. The number of pyridine rings is 2. The Hall–Kier alpha value is -4.56. The first-order valence-electron chi connectivity index (χ1n) is 18.4. The highest BCUT2D eigenvalue weighted by atomic mass is 35.5. The molecular weight excluding hydrogens is 731 g/mol. The number of anilines is 1. The van der Waals surface area contributed by atoms with Crippen molar-refractivity contribution in [3.8, 4) is 28.4 Å². The molecule has 2 aliphatic heterocycles. The van der Waals surface area contributed by atoms with Gasteiger partial charge in [-0.15, -0.1) is 0 Å². The third kappa shape index (κ3) is 8.09. The fourth-order valence-electron chi connectivity index (χ4n) is 7.86. The average Bonchev–Trinajstić information content (AvgIpc) is 3.74. The first kappa shape index (κ1) is 37.7. The van der Waals surface area contributed by atoms with E-state index in [0.717, 1.165) is 68.6 Å². The lowest BCUT2D eigenvalue weighted by molar-refractivity contribution is -0.143. The number of halogens is 2. The van der Waals surface area contributed by atoms with Crippen LogP contribution in [0.25, 0.3) is 22.5 Å². The molecule has 4 aromatic rings. The number of imidazole rings is 1. The van der Waals surface area contributed by atoms with E-state index in [4.69, 9.17) is 37.9 Å². The maximum absolute atomic E-state index is 13.7. The number of rotatable bonds is 12. The number of ether oxygens (including phenoxy) is 1. The van der Waals surface area contributed by atoms with E-state index in [1.165, 1.54) is 0 Å². The molecule has 284 valence electrons. The van der Waals surface area contributed by atoms with Crippen molar-refractivity contribution in [1.82, 2.24) is 35.1 Å². The molecule has 1 saturated heterocycles. The van der Waals surface area contributed by atoms with Crippen LogP contribution in [-0.4, -0.2) is 80.1 Å². The number of aliphatic carboxylic acids is 1. The SMILES string of the molecule is COc1nc(-c2ccnc(-c3cccc(NC(=O)c4nc5c(n4C)CCN(CC4CCC(C(=O)O)CC4)C5)c3Cl)c2Cl)ccc1CNCC1CCC(=O)N1. The Labute approximate surface area is 323 Å². The number of aromatic nitrogens is 4. The van der Waals surface area contributed by atoms with Crippen molar-refractivity contribution in [1.29, 1.82) is 0 Å².